The minimum absolute atomic E-state index is 0.0890. The van der Waals surface area contributed by atoms with Gasteiger partial charge in [-0.15, -0.1) is 0 Å². The maximum atomic E-state index is 9.80. The van der Waals surface area contributed by atoms with Crippen molar-refractivity contribution < 1.29 is 14.6 Å². The number of aromatic amines is 1. The van der Waals surface area contributed by atoms with Crippen LogP contribution in [0.25, 0.3) is 11.4 Å². The molecular formula is C14H19N3O3. The highest BCUT2D eigenvalue weighted by atomic mass is 16.5. The number of hydrogen-bond acceptors (Lipinski definition) is 5. The molecule has 1 heterocycles. The zero-order chi connectivity index (χ0) is 14.4. The Balaban J connectivity index is 1.96. The summed E-state index contributed by atoms with van der Waals surface area (Å²) < 4.78 is 11.0. The topological polar surface area (TPSA) is 80.3 Å². The number of hydrogen-bond donors (Lipinski definition) is 2. The molecule has 0 saturated carbocycles. The van der Waals surface area contributed by atoms with Crippen LogP contribution in [-0.2, 0) is 4.74 Å². The zero-order valence-corrected chi connectivity index (χ0v) is 11.6. The van der Waals surface area contributed by atoms with Gasteiger partial charge in [0.25, 0.3) is 0 Å². The molecule has 1 atom stereocenters. The first-order valence-corrected chi connectivity index (χ1v) is 6.54. The van der Waals surface area contributed by atoms with Gasteiger partial charge in [-0.3, -0.25) is 5.10 Å². The van der Waals surface area contributed by atoms with Gasteiger partial charge >= 0.3 is 0 Å². The fourth-order valence-corrected chi connectivity index (χ4v) is 1.66. The molecule has 0 saturated heterocycles. The van der Waals surface area contributed by atoms with Crippen molar-refractivity contribution in [2.24, 2.45) is 0 Å². The molecule has 0 amide bonds. The van der Waals surface area contributed by atoms with E-state index in [1.54, 1.807) is 0 Å². The van der Waals surface area contributed by atoms with Crippen molar-refractivity contribution in [1.82, 2.24) is 15.2 Å². The molecule has 108 valence electrons. The monoisotopic (exact) mass is 277 g/mol. The van der Waals surface area contributed by atoms with Crippen molar-refractivity contribution in [3.63, 3.8) is 0 Å². The molecule has 2 N–H and O–H groups in total. The van der Waals surface area contributed by atoms with Gasteiger partial charge in [0.1, 0.15) is 24.8 Å². The highest BCUT2D eigenvalue weighted by Gasteiger charge is 2.11. The van der Waals surface area contributed by atoms with Gasteiger partial charge in [-0.05, 0) is 26.0 Å². The Morgan fingerprint density at radius 1 is 1.25 bits per heavy atom. The lowest BCUT2D eigenvalue weighted by molar-refractivity contribution is -0.0122. The number of aromatic nitrogens is 3. The van der Waals surface area contributed by atoms with Crippen LogP contribution in [-0.4, -0.2) is 45.7 Å². The number of rotatable bonds is 7. The number of H-pyrrole nitrogens is 1. The second-order valence-electron chi connectivity index (χ2n) is 4.68. The molecule has 1 unspecified atom stereocenters. The van der Waals surface area contributed by atoms with Gasteiger partial charge in [-0.2, -0.15) is 5.10 Å². The second kappa shape index (κ2) is 7.02. The van der Waals surface area contributed by atoms with Gasteiger partial charge in [0.15, 0.2) is 5.82 Å². The number of para-hydroxylation sites is 1. The summed E-state index contributed by atoms with van der Waals surface area (Å²) in [4.78, 5) is 4.10. The summed E-state index contributed by atoms with van der Waals surface area (Å²) >= 11 is 0. The smallest absolute Gasteiger partial charge is 0.159 e. The Bertz CT molecular complexity index is 514. The number of nitrogens with one attached hydrogen (secondary N) is 1. The average molecular weight is 277 g/mol. The predicted molar refractivity (Wildman–Crippen MR) is 74.4 cm³/mol. The van der Waals surface area contributed by atoms with Crippen molar-refractivity contribution in [1.29, 1.82) is 0 Å². The van der Waals surface area contributed by atoms with E-state index in [4.69, 9.17) is 9.47 Å². The van der Waals surface area contributed by atoms with Gasteiger partial charge in [0.05, 0.1) is 18.3 Å². The summed E-state index contributed by atoms with van der Waals surface area (Å²) in [7, 11) is 0. The van der Waals surface area contributed by atoms with Crippen LogP contribution in [0.4, 0.5) is 0 Å². The molecule has 0 radical (unpaired) electrons. The van der Waals surface area contributed by atoms with Crippen molar-refractivity contribution in [3.05, 3.63) is 30.6 Å². The fourth-order valence-electron chi connectivity index (χ4n) is 1.66. The second-order valence-corrected chi connectivity index (χ2v) is 4.68. The van der Waals surface area contributed by atoms with E-state index in [9.17, 15) is 5.11 Å². The summed E-state index contributed by atoms with van der Waals surface area (Å²) in [6.45, 7) is 4.26. The lowest BCUT2D eigenvalue weighted by Crippen LogP contribution is -2.25. The maximum absolute atomic E-state index is 9.80. The molecule has 2 aromatic rings. The van der Waals surface area contributed by atoms with Crippen LogP contribution in [0.1, 0.15) is 13.8 Å². The molecule has 0 fully saturated rings. The lowest BCUT2D eigenvalue weighted by Gasteiger charge is -2.15. The standard InChI is InChI=1S/C14H19N3O3/c1-10(2)19-7-11(18)8-20-13-6-4-3-5-12(13)14-15-9-16-17-14/h3-6,9-11,18H,7-8H2,1-2H3,(H,15,16,17). The number of nitrogens with zero attached hydrogens (tertiary/aromatic N) is 2. The molecule has 0 bridgehead atoms. The van der Waals surface area contributed by atoms with Crippen LogP contribution >= 0.6 is 0 Å². The molecule has 6 nitrogen and oxygen atoms in total. The number of aliphatic hydroxyl groups excluding tert-OH is 1. The van der Waals surface area contributed by atoms with Crippen molar-refractivity contribution in [3.8, 4) is 17.1 Å². The van der Waals surface area contributed by atoms with Crippen LogP contribution in [0.2, 0.25) is 0 Å². The normalized spacial score (nSPS) is 12.6. The van der Waals surface area contributed by atoms with E-state index in [-0.39, 0.29) is 19.3 Å². The van der Waals surface area contributed by atoms with Crippen LogP contribution in [0.15, 0.2) is 30.6 Å². The van der Waals surface area contributed by atoms with Crippen molar-refractivity contribution in [2.75, 3.05) is 13.2 Å². The van der Waals surface area contributed by atoms with Crippen LogP contribution in [0, 0.1) is 0 Å². The first-order valence-electron chi connectivity index (χ1n) is 6.54. The van der Waals surface area contributed by atoms with Gasteiger partial charge in [-0.25, -0.2) is 4.98 Å². The molecule has 0 aliphatic carbocycles. The average Bonchev–Trinajstić information content (AvgIpc) is 2.97. The van der Waals surface area contributed by atoms with E-state index in [0.29, 0.717) is 11.6 Å². The molecule has 6 heteroatoms. The Morgan fingerprint density at radius 3 is 2.75 bits per heavy atom. The summed E-state index contributed by atoms with van der Waals surface area (Å²) in [5.41, 5.74) is 0.807. The van der Waals surface area contributed by atoms with Gasteiger partial charge in [0.2, 0.25) is 0 Å². The predicted octanol–water partition coefficient (Wildman–Crippen LogP) is 1.64. The Morgan fingerprint density at radius 2 is 2.05 bits per heavy atom. The minimum Gasteiger partial charge on any atom is -0.490 e. The highest BCUT2D eigenvalue weighted by Crippen LogP contribution is 2.26. The Kier molecular flexibility index (Phi) is 5.09. The van der Waals surface area contributed by atoms with Crippen molar-refractivity contribution >= 4 is 0 Å². The highest BCUT2D eigenvalue weighted by molar-refractivity contribution is 5.63. The molecule has 0 aliphatic rings. The van der Waals surface area contributed by atoms with E-state index < -0.39 is 6.10 Å². The molecular weight excluding hydrogens is 258 g/mol. The molecule has 2 rings (SSSR count). The quantitative estimate of drug-likeness (QED) is 0.804. The number of ether oxygens (including phenoxy) is 2. The number of benzene rings is 1. The minimum atomic E-state index is -0.666. The zero-order valence-electron chi connectivity index (χ0n) is 11.6. The van der Waals surface area contributed by atoms with Gasteiger partial charge in [-0.1, -0.05) is 12.1 Å². The largest absolute Gasteiger partial charge is 0.490 e. The summed E-state index contributed by atoms with van der Waals surface area (Å²) in [6, 6.07) is 7.47. The molecule has 20 heavy (non-hydrogen) atoms. The first-order chi connectivity index (χ1) is 9.66. The van der Waals surface area contributed by atoms with Gasteiger partial charge < -0.3 is 14.6 Å². The molecule has 1 aromatic carbocycles. The van der Waals surface area contributed by atoms with E-state index in [0.717, 1.165) is 5.56 Å². The van der Waals surface area contributed by atoms with E-state index in [2.05, 4.69) is 15.2 Å². The maximum Gasteiger partial charge on any atom is 0.159 e. The lowest BCUT2D eigenvalue weighted by atomic mass is 10.2. The number of aliphatic hydroxyl groups is 1. The summed E-state index contributed by atoms with van der Waals surface area (Å²) in [5.74, 6) is 1.28. The molecule has 0 aliphatic heterocycles. The van der Waals surface area contributed by atoms with Crippen LogP contribution < -0.4 is 4.74 Å². The molecule has 1 aromatic heterocycles. The third-order valence-corrected chi connectivity index (χ3v) is 2.61. The first kappa shape index (κ1) is 14.5. The van der Waals surface area contributed by atoms with E-state index in [1.165, 1.54) is 6.33 Å². The summed E-state index contributed by atoms with van der Waals surface area (Å²) in [6.07, 6.45) is 0.864. The van der Waals surface area contributed by atoms with Crippen molar-refractivity contribution in [2.45, 2.75) is 26.1 Å². The Labute approximate surface area is 117 Å². The molecule has 0 spiro atoms. The van der Waals surface area contributed by atoms with E-state index in [1.807, 2.05) is 38.1 Å². The third-order valence-electron chi connectivity index (χ3n) is 2.61. The third kappa shape index (κ3) is 4.04. The van der Waals surface area contributed by atoms with Crippen LogP contribution in [0.5, 0.6) is 5.75 Å². The Hall–Kier alpha value is -1.92. The van der Waals surface area contributed by atoms with Crippen LogP contribution in [0.3, 0.4) is 0 Å². The SMILES string of the molecule is CC(C)OCC(O)COc1ccccc1-c1ncn[nH]1. The van der Waals surface area contributed by atoms with Gasteiger partial charge in [0, 0.05) is 0 Å². The fraction of sp³-hybridized carbons (Fsp3) is 0.429. The summed E-state index contributed by atoms with van der Waals surface area (Å²) in [5, 5.41) is 16.4. The van der Waals surface area contributed by atoms with E-state index >= 15 is 0 Å².